The molecule has 58 heavy (non-hydrogen) atoms. The molecule has 0 bridgehead atoms. The molecule has 2 aromatic heterocycles. The van der Waals surface area contributed by atoms with Crippen LogP contribution in [0.4, 0.5) is 36.4 Å². The average Bonchev–Trinajstić information content (AvgIpc) is 3.85. The van der Waals surface area contributed by atoms with Gasteiger partial charge in [0.25, 0.3) is 5.91 Å². The number of esters is 1. The minimum absolute atomic E-state index is 0.0358. The normalized spacial score (nSPS) is 13.4. The number of aromatic nitrogens is 5. The third-order valence-corrected chi connectivity index (χ3v) is 8.78. The van der Waals surface area contributed by atoms with Crippen LogP contribution in [0, 0.1) is 6.92 Å². The summed E-state index contributed by atoms with van der Waals surface area (Å²) in [6.45, 7) is -0.156. The van der Waals surface area contributed by atoms with E-state index in [9.17, 15) is 32.3 Å². The van der Waals surface area contributed by atoms with Crippen molar-refractivity contribution >= 4 is 58.6 Å². The van der Waals surface area contributed by atoms with Crippen LogP contribution in [0.25, 0.3) is 11.4 Å². The lowest BCUT2D eigenvalue weighted by molar-refractivity contribution is -0.154. The largest absolute Gasteiger partial charge is 0.467 e. The van der Waals surface area contributed by atoms with Crippen molar-refractivity contribution in [3.8, 4) is 17.4 Å². The molecule has 302 valence electrons. The molecule has 1 aliphatic rings. The van der Waals surface area contributed by atoms with Gasteiger partial charge in [0.05, 0.1) is 12.6 Å². The maximum Gasteiger partial charge on any atom is 0.422 e. The van der Waals surface area contributed by atoms with Crippen LogP contribution in [0.5, 0.6) is 6.01 Å². The predicted octanol–water partition coefficient (Wildman–Crippen LogP) is 5.09. The van der Waals surface area contributed by atoms with E-state index in [4.69, 9.17) is 25.6 Å². The van der Waals surface area contributed by atoms with E-state index in [1.54, 1.807) is 43.3 Å². The summed E-state index contributed by atoms with van der Waals surface area (Å²) in [6.07, 6.45) is -3.36. The van der Waals surface area contributed by atoms with Crippen LogP contribution in [-0.4, -0.2) is 81.3 Å². The van der Waals surface area contributed by atoms with Gasteiger partial charge in [-0.15, -0.1) is 0 Å². The Labute approximate surface area is 332 Å². The number of methoxy groups -OCH3 is 1. The second-order valence-electron chi connectivity index (χ2n) is 12.8. The van der Waals surface area contributed by atoms with Crippen molar-refractivity contribution in [3.05, 3.63) is 94.8 Å². The summed E-state index contributed by atoms with van der Waals surface area (Å²) in [5.41, 5.74) is 1.76. The SMILES string of the molecule is COC(=O)[C@@H](CCNC(=O)C(=O)Nc1ccc(-c2noc(C)n2)cc1)NC(=O)c1ccc(Nc2nc(NC3(c4ccc(Cl)cc4)CC3)nc(OCC(F)(F)F)n2)cc1. The number of aryl methyl sites for hydroxylation is 1. The number of carbonyl (C=O) groups is 4. The molecular formula is C37H34ClF3N10O7. The summed E-state index contributed by atoms with van der Waals surface area (Å²) in [7, 11) is 1.13. The molecule has 0 aliphatic heterocycles. The number of halogens is 4. The molecule has 21 heteroatoms. The maximum absolute atomic E-state index is 13.1. The number of carbonyl (C=O) groups excluding carboxylic acids is 4. The first-order valence-corrected chi connectivity index (χ1v) is 17.8. The summed E-state index contributed by atoms with van der Waals surface area (Å²) in [5.74, 6) is -2.84. The molecule has 17 nitrogen and oxygen atoms in total. The van der Waals surface area contributed by atoms with Crippen molar-refractivity contribution in [1.29, 1.82) is 0 Å². The van der Waals surface area contributed by atoms with Gasteiger partial charge < -0.3 is 40.6 Å². The maximum atomic E-state index is 13.1. The summed E-state index contributed by atoms with van der Waals surface area (Å²) in [4.78, 5) is 67.0. The van der Waals surface area contributed by atoms with Crippen LogP contribution < -0.4 is 31.3 Å². The van der Waals surface area contributed by atoms with Gasteiger partial charge in [-0.05, 0) is 85.5 Å². The highest BCUT2D eigenvalue weighted by Crippen LogP contribution is 2.48. The standard InChI is InChI=1S/C37H34ClF3N10O7/c1-20-43-28(51-58-20)21-3-11-25(12-4-21)44-31(54)30(53)42-18-15-27(32(55)56-2)46-29(52)22-5-13-26(14-6-22)45-33-47-34(49-35(48-33)57-19-37(39,40)41)50-36(16-17-36)23-7-9-24(38)10-8-23/h3-14,27H,15-19H2,1-2H3,(H,42,53)(H,44,54)(H,46,52)(H2,45,47,48,49,50)/t27-/m1/s1. The molecule has 0 unspecified atom stereocenters. The second-order valence-corrected chi connectivity index (χ2v) is 13.3. The van der Waals surface area contributed by atoms with Crippen LogP contribution in [-0.2, 0) is 24.7 Å². The Morgan fingerprint density at radius 1 is 0.879 bits per heavy atom. The zero-order valence-corrected chi connectivity index (χ0v) is 31.4. The number of alkyl halides is 3. The van der Waals surface area contributed by atoms with Gasteiger partial charge in [-0.3, -0.25) is 14.4 Å². The summed E-state index contributed by atoms with van der Waals surface area (Å²) in [5, 5.41) is 17.8. The van der Waals surface area contributed by atoms with E-state index < -0.39 is 54.1 Å². The van der Waals surface area contributed by atoms with Crippen molar-refractivity contribution < 1.29 is 46.3 Å². The van der Waals surface area contributed by atoms with Crippen molar-refractivity contribution in [2.24, 2.45) is 0 Å². The molecule has 2 heterocycles. The lowest BCUT2D eigenvalue weighted by Crippen LogP contribution is -2.44. The number of nitrogens with one attached hydrogen (secondary N) is 5. The summed E-state index contributed by atoms with van der Waals surface area (Å²) < 4.78 is 53.5. The van der Waals surface area contributed by atoms with Gasteiger partial charge in [0.1, 0.15) is 6.04 Å². The molecule has 0 spiro atoms. The Kier molecular flexibility index (Phi) is 12.3. The molecule has 5 aromatic rings. The number of hydrogen-bond donors (Lipinski definition) is 5. The van der Waals surface area contributed by atoms with Gasteiger partial charge in [0.15, 0.2) is 6.61 Å². The van der Waals surface area contributed by atoms with Gasteiger partial charge in [0, 0.05) is 41.0 Å². The van der Waals surface area contributed by atoms with Crippen LogP contribution >= 0.6 is 11.6 Å². The van der Waals surface area contributed by atoms with Gasteiger partial charge in [-0.25, -0.2) is 4.79 Å². The molecular weight excluding hydrogens is 789 g/mol. The van der Waals surface area contributed by atoms with Crippen LogP contribution in [0.15, 0.2) is 77.3 Å². The van der Waals surface area contributed by atoms with Gasteiger partial charge in [-0.2, -0.15) is 33.1 Å². The highest BCUT2D eigenvalue weighted by Gasteiger charge is 2.45. The predicted molar refractivity (Wildman–Crippen MR) is 201 cm³/mol. The fourth-order valence-electron chi connectivity index (χ4n) is 5.46. The third-order valence-electron chi connectivity index (χ3n) is 8.53. The number of benzene rings is 3. The van der Waals surface area contributed by atoms with E-state index in [0.717, 1.165) is 12.7 Å². The molecule has 1 aliphatic carbocycles. The van der Waals surface area contributed by atoms with Crippen LogP contribution in [0.3, 0.4) is 0 Å². The Balaban J connectivity index is 1.04. The van der Waals surface area contributed by atoms with Crippen LogP contribution in [0.1, 0.15) is 41.1 Å². The number of hydrogen-bond acceptors (Lipinski definition) is 14. The zero-order valence-electron chi connectivity index (χ0n) is 30.6. The molecule has 0 saturated heterocycles. The minimum atomic E-state index is -4.64. The van der Waals surface area contributed by atoms with Gasteiger partial charge in [-0.1, -0.05) is 28.9 Å². The van der Waals surface area contributed by atoms with Crippen molar-refractivity contribution in [2.75, 3.05) is 36.2 Å². The Bertz CT molecular complexity index is 2270. The molecule has 1 saturated carbocycles. The quantitative estimate of drug-likeness (QED) is 0.0686. The fraction of sp³-hybridized carbons (Fsp3) is 0.270. The first-order valence-electron chi connectivity index (χ1n) is 17.4. The Hall–Kier alpha value is -6.83. The van der Waals surface area contributed by atoms with Crippen molar-refractivity contribution in [1.82, 2.24) is 35.7 Å². The van der Waals surface area contributed by atoms with E-state index in [2.05, 4.69) is 51.7 Å². The first-order chi connectivity index (χ1) is 27.7. The summed E-state index contributed by atoms with van der Waals surface area (Å²) >= 11 is 6.03. The molecule has 5 N–H and O–H groups in total. The van der Waals surface area contributed by atoms with E-state index in [0.29, 0.717) is 46.5 Å². The fourth-order valence-corrected chi connectivity index (χ4v) is 5.58. The van der Waals surface area contributed by atoms with Gasteiger partial charge >= 0.3 is 30.0 Å². The topological polar surface area (TPSA) is 224 Å². The number of anilines is 4. The highest BCUT2D eigenvalue weighted by molar-refractivity contribution is 6.39. The van der Waals surface area contributed by atoms with Gasteiger partial charge in [0.2, 0.25) is 23.6 Å². The second kappa shape index (κ2) is 17.5. The lowest BCUT2D eigenvalue weighted by Gasteiger charge is -2.19. The molecule has 1 fully saturated rings. The van der Waals surface area contributed by atoms with Crippen molar-refractivity contribution in [3.63, 3.8) is 0 Å². The molecule has 3 aromatic carbocycles. The summed E-state index contributed by atoms with van der Waals surface area (Å²) in [6, 6.07) is 17.5. The third kappa shape index (κ3) is 10.9. The number of ether oxygens (including phenoxy) is 2. The smallest absolute Gasteiger partial charge is 0.422 e. The Morgan fingerprint density at radius 2 is 1.55 bits per heavy atom. The number of nitrogens with zero attached hydrogens (tertiary/aromatic N) is 5. The molecule has 6 rings (SSSR count). The first kappa shape index (κ1) is 40.8. The highest BCUT2D eigenvalue weighted by atomic mass is 35.5. The van der Waals surface area contributed by atoms with Crippen LogP contribution in [0.2, 0.25) is 5.02 Å². The van der Waals surface area contributed by atoms with E-state index in [1.807, 2.05) is 12.1 Å². The molecule has 0 radical (unpaired) electrons. The van der Waals surface area contributed by atoms with E-state index in [-0.39, 0.29) is 30.4 Å². The molecule has 3 amide bonds. The van der Waals surface area contributed by atoms with E-state index >= 15 is 0 Å². The number of rotatable bonds is 15. The Morgan fingerprint density at radius 3 is 2.17 bits per heavy atom. The average molecular weight is 823 g/mol. The monoisotopic (exact) mass is 822 g/mol. The van der Waals surface area contributed by atoms with Crippen molar-refractivity contribution in [2.45, 2.75) is 43.9 Å². The molecule has 1 atom stereocenters. The number of amides is 3. The van der Waals surface area contributed by atoms with E-state index in [1.165, 1.54) is 24.3 Å². The lowest BCUT2D eigenvalue weighted by atomic mass is 10.1. The zero-order chi connectivity index (χ0) is 41.5. The minimum Gasteiger partial charge on any atom is -0.467 e.